The van der Waals surface area contributed by atoms with Gasteiger partial charge >= 0.3 is 12.3 Å². The van der Waals surface area contributed by atoms with Gasteiger partial charge in [-0.2, -0.15) is 13.2 Å². The predicted octanol–water partition coefficient (Wildman–Crippen LogP) is 5.74. The molecule has 0 aliphatic carbocycles. The second-order valence-electron chi connectivity index (χ2n) is 8.41. The molecule has 2 bridgehead atoms. The quantitative estimate of drug-likeness (QED) is 0.625. The monoisotopic (exact) mass is 381 g/mol. The van der Waals surface area contributed by atoms with E-state index in [4.69, 9.17) is 4.74 Å². The van der Waals surface area contributed by atoms with Gasteiger partial charge in [-0.1, -0.05) is 29.8 Å². The van der Waals surface area contributed by atoms with Crippen LogP contribution in [0.1, 0.15) is 57.6 Å². The lowest BCUT2D eigenvalue weighted by Gasteiger charge is -2.35. The minimum absolute atomic E-state index is 0.0371. The third-order valence-electron chi connectivity index (χ3n) is 5.07. The molecule has 1 fully saturated rings. The van der Waals surface area contributed by atoms with Gasteiger partial charge in [0, 0.05) is 6.04 Å². The number of aryl methyl sites for hydroxylation is 1. The fourth-order valence-corrected chi connectivity index (χ4v) is 3.91. The van der Waals surface area contributed by atoms with Gasteiger partial charge in [0.1, 0.15) is 5.60 Å². The zero-order chi connectivity index (χ0) is 19.8. The van der Waals surface area contributed by atoms with E-state index in [1.807, 2.05) is 25.7 Å². The van der Waals surface area contributed by atoms with Crippen LogP contribution < -0.4 is 0 Å². The lowest BCUT2D eigenvalue weighted by atomic mass is 9.95. The summed E-state index contributed by atoms with van der Waals surface area (Å²) >= 11 is 0. The SMILES string of the molecule is CC(C)(C)OC(=O)N1C2C=C(CCc3cccc(C(F)(F)F)c3)CC1CC2. The minimum atomic E-state index is -4.31. The molecule has 0 spiro atoms. The molecule has 2 aliphatic rings. The molecule has 2 heterocycles. The minimum Gasteiger partial charge on any atom is -0.444 e. The normalized spacial score (nSPS) is 22.6. The van der Waals surface area contributed by atoms with Crippen LogP contribution in [0, 0.1) is 0 Å². The average Bonchev–Trinajstić information content (AvgIpc) is 2.82. The summed E-state index contributed by atoms with van der Waals surface area (Å²) in [6.45, 7) is 5.56. The van der Waals surface area contributed by atoms with Crippen molar-refractivity contribution in [2.75, 3.05) is 0 Å². The first kappa shape index (κ1) is 19.8. The van der Waals surface area contributed by atoms with Crippen molar-refractivity contribution in [3.63, 3.8) is 0 Å². The molecule has 1 saturated heterocycles. The molecule has 6 heteroatoms. The highest BCUT2D eigenvalue weighted by Gasteiger charge is 2.41. The number of nitrogens with zero attached hydrogens (tertiary/aromatic N) is 1. The molecule has 0 radical (unpaired) electrons. The van der Waals surface area contributed by atoms with Crippen LogP contribution in [0.25, 0.3) is 0 Å². The number of amides is 1. The van der Waals surface area contributed by atoms with E-state index in [1.54, 1.807) is 6.07 Å². The molecule has 2 aliphatic heterocycles. The third-order valence-corrected chi connectivity index (χ3v) is 5.07. The van der Waals surface area contributed by atoms with Crippen LogP contribution in [0.15, 0.2) is 35.9 Å². The van der Waals surface area contributed by atoms with Gasteiger partial charge in [0.2, 0.25) is 0 Å². The first-order valence-corrected chi connectivity index (χ1v) is 9.40. The van der Waals surface area contributed by atoms with Crippen molar-refractivity contribution in [1.82, 2.24) is 4.90 Å². The van der Waals surface area contributed by atoms with E-state index in [1.165, 1.54) is 17.7 Å². The van der Waals surface area contributed by atoms with Crippen molar-refractivity contribution in [1.29, 1.82) is 0 Å². The zero-order valence-electron chi connectivity index (χ0n) is 16.0. The summed E-state index contributed by atoms with van der Waals surface area (Å²) in [6, 6.07) is 5.69. The molecule has 2 unspecified atom stereocenters. The van der Waals surface area contributed by atoms with Crippen molar-refractivity contribution in [3.05, 3.63) is 47.0 Å². The van der Waals surface area contributed by atoms with E-state index in [0.29, 0.717) is 12.0 Å². The summed E-state index contributed by atoms with van der Waals surface area (Å²) in [4.78, 5) is 14.3. The number of rotatable bonds is 3. The summed E-state index contributed by atoms with van der Waals surface area (Å²) < 4.78 is 44.1. The number of ether oxygens (including phenoxy) is 1. The Labute approximate surface area is 158 Å². The number of carbonyl (C=O) groups is 1. The summed E-state index contributed by atoms with van der Waals surface area (Å²) in [5.41, 5.74) is 0.783. The molecule has 148 valence electrons. The fourth-order valence-electron chi connectivity index (χ4n) is 3.91. The van der Waals surface area contributed by atoms with E-state index >= 15 is 0 Å². The second kappa shape index (κ2) is 7.21. The average molecular weight is 381 g/mol. The number of alkyl halides is 3. The van der Waals surface area contributed by atoms with Gasteiger partial charge in [0.25, 0.3) is 0 Å². The highest BCUT2D eigenvalue weighted by Crippen LogP contribution is 2.37. The van der Waals surface area contributed by atoms with Crippen LogP contribution in [-0.4, -0.2) is 28.7 Å². The lowest BCUT2D eigenvalue weighted by Crippen LogP contribution is -2.45. The lowest BCUT2D eigenvalue weighted by molar-refractivity contribution is -0.137. The predicted molar refractivity (Wildman–Crippen MR) is 97.3 cm³/mol. The molecule has 0 N–H and O–H groups in total. The second-order valence-corrected chi connectivity index (χ2v) is 8.41. The number of halogens is 3. The van der Waals surface area contributed by atoms with Crippen LogP contribution in [0.5, 0.6) is 0 Å². The molecule has 3 rings (SSSR count). The number of hydrogen-bond donors (Lipinski definition) is 0. The van der Waals surface area contributed by atoms with Crippen molar-refractivity contribution >= 4 is 6.09 Å². The van der Waals surface area contributed by atoms with E-state index in [2.05, 4.69) is 6.08 Å². The molecule has 1 aromatic rings. The van der Waals surface area contributed by atoms with Gasteiger partial charge in [0.15, 0.2) is 0 Å². The maximum Gasteiger partial charge on any atom is 0.416 e. The summed E-state index contributed by atoms with van der Waals surface area (Å²) in [5, 5.41) is 0. The van der Waals surface area contributed by atoms with Crippen LogP contribution in [0.2, 0.25) is 0 Å². The van der Waals surface area contributed by atoms with Gasteiger partial charge in [-0.15, -0.1) is 0 Å². The summed E-state index contributed by atoms with van der Waals surface area (Å²) in [6.07, 6.45) is 1.44. The Kier molecular flexibility index (Phi) is 5.28. The summed E-state index contributed by atoms with van der Waals surface area (Å²) in [7, 11) is 0. The zero-order valence-corrected chi connectivity index (χ0v) is 16.0. The number of hydrogen-bond acceptors (Lipinski definition) is 2. The van der Waals surface area contributed by atoms with Crippen molar-refractivity contribution < 1.29 is 22.7 Å². The largest absolute Gasteiger partial charge is 0.444 e. The van der Waals surface area contributed by atoms with Crippen LogP contribution >= 0.6 is 0 Å². The third kappa shape index (κ3) is 4.85. The Hall–Kier alpha value is -1.98. The van der Waals surface area contributed by atoms with E-state index in [0.717, 1.165) is 31.7 Å². The molecular weight excluding hydrogens is 355 g/mol. The van der Waals surface area contributed by atoms with Gasteiger partial charge in [0.05, 0.1) is 11.6 Å². The standard InChI is InChI=1S/C21H26F3NO2/c1-20(2,3)27-19(26)25-17-9-10-18(25)13-15(12-17)8-7-14-5-4-6-16(11-14)21(22,23)24/h4-6,11-12,17-18H,7-10,13H2,1-3H3. The van der Waals surface area contributed by atoms with Crippen molar-refractivity contribution in [2.45, 2.75) is 76.7 Å². The highest BCUT2D eigenvalue weighted by molar-refractivity contribution is 5.70. The summed E-state index contributed by atoms with van der Waals surface area (Å²) in [5.74, 6) is 0. The molecule has 2 atom stereocenters. The first-order chi connectivity index (χ1) is 12.5. The molecule has 1 aromatic carbocycles. The van der Waals surface area contributed by atoms with Crippen LogP contribution in [0.4, 0.5) is 18.0 Å². The highest BCUT2D eigenvalue weighted by atomic mass is 19.4. The van der Waals surface area contributed by atoms with Gasteiger partial charge in [-0.05, 0) is 64.5 Å². The maximum absolute atomic E-state index is 12.8. The number of carbonyl (C=O) groups excluding carboxylic acids is 1. The van der Waals surface area contributed by atoms with Gasteiger partial charge < -0.3 is 4.74 Å². The fraction of sp³-hybridized carbons (Fsp3) is 0.571. The Morgan fingerprint density at radius 2 is 1.93 bits per heavy atom. The van der Waals surface area contributed by atoms with Crippen LogP contribution in [-0.2, 0) is 17.3 Å². The van der Waals surface area contributed by atoms with Crippen molar-refractivity contribution in [3.8, 4) is 0 Å². The smallest absolute Gasteiger partial charge is 0.416 e. The Balaban J connectivity index is 1.64. The topological polar surface area (TPSA) is 29.5 Å². The Morgan fingerprint density at radius 3 is 2.56 bits per heavy atom. The molecule has 3 nitrogen and oxygen atoms in total. The number of fused-ring (bicyclic) bond motifs is 2. The van der Waals surface area contributed by atoms with E-state index in [9.17, 15) is 18.0 Å². The molecule has 27 heavy (non-hydrogen) atoms. The molecule has 1 amide bonds. The molecular formula is C21H26F3NO2. The van der Waals surface area contributed by atoms with E-state index < -0.39 is 17.3 Å². The Morgan fingerprint density at radius 1 is 1.19 bits per heavy atom. The number of benzene rings is 1. The first-order valence-electron chi connectivity index (χ1n) is 9.40. The van der Waals surface area contributed by atoms with Crippen LogP contribution in [0.3, 0.4) is 0 Å². The maximum atomic E-state index is 12.8. The molecule has 0 saturated carbocycles. The Bertz CT molecular complexity index is 734. The van der Waals surface area contributed by atoms with E-state index in [-0.39, 0.29) is 18.2 Å². The van der Waals surface area contributed by atoms with Gasteiger partial charge in [-0.25, -0.2) is 4.79 Å². The van der Waals surface area contributed by atoms with Gasteiger partial charge in [-0.3, -0.25) is 4.90 Å². The molecule has 0 aromatic heterocycles. The van der Waals surface area contributed by atoms with Crippen molar-refractivity contribution in [2.24, 2.45) is 0 Å².